The molecule has 0 bridgehead atoms. The first-order chi connectivity index (χ1) is 22.2. The predicted molar refractivity (Wildman–Crippen MR) is 197 cm³/mol. The highest BCUT2D eigenvalue weighted by molar-refractivity contribution is 7.11. The average molecular weight is 649 g/mol. The smallest absolute Gasteiger partial charge is 0.314 e. The van der Waals surface area contributed by atoms with Crippen LogP contribution in [0.15, 0.2) is 12.1 Å². The number of carbonyl (C=O) groups excluding carboxylic acids is 2. The summed E-state index contributed by atoms with van der Waals surface area (Å²) in [6, 6.07) is 4.47. The Bertz CT molecular complexity index is 738. The minimum atomic E-state index is -0.0228. The van der Waals surface area contributed by atoms with Gasteiger partial charge in [-0.15, -0.1) is 11.3 Å². The number of hydrogen-bond donors (Lipinski definition) is 4. The minimum absolute atomic E-state index is 0.0228. The van der Waals surface area contributed by atoms with Gasteiger partial charge in [0.2, 0.25) is 0 Å². The molecule has 1 aromatic heterocycles. The zero-order chi connectivity index (χ0) is 32.5. The molecule has 0 aliphatic rings. The molecule has 0 aliphatic heterocycles. The fourth-order valence-electron chi connectivity index (χ4n) is 5.70. The normalized spacial score (nSPS) is 11.1. The van der Waals surface area contributed by atoms with E-state index in [4.69, 9.17) is 0 Å². The second-order valence-electron chi connectivity index (χ2n) is 13.0. The van der Waals surface area contributed by atoms with E-state index < -0.39 is 0 Å². The van der Waals surface area contributed by atoms with E-state index in [1.165, 1.54) is 125 Å². The van der Waals surface area contributed by atoms with Crippen molar-refractivity contribution >= 4 is 23.4 Å². The van der Waals surface area contributed by atoms with Gasteiger partial charge >= 0.3 is 12.1 Å². The van der Waals surface area contributed by atoms with Crippen molar-refractivity contribution < 1.29 is 9.59 Å². The molecule has 4 amide bonds. The van der Waals surface area contributed by atoms with Crippen molar-refractivity contribution in [1.82, 2.24) is 21.3 Å². The van der Waals surface area contributed by atoms with Gasteiger partial charge in [-0.3, -0.25) is 0 Å². The molecule has 1 aromatic rings. The highest BCUT2D eigenvalue weighted by atomic mass is 32.1. The maximum atomic E-state index is 12.0. The molecule has 45 heavy (non-hydrogen) atoms. The maximum Gasteiger partial charge on any atom is 0.314 e. The van der Waals surface area contributed by atoms with E-state index in [1.54, 1.807) is 0 Å². The Kier molecular flexibility index (Phi) is 29.5. The molecule has 6 nitrogen and oxygen atoms in total. The van der Waals surface area contributed by atoms with Crippen LogP contribution >= 0.6 is 11.3 Å². The van der Waals surface area contributed by atoms with E-state index in [2.05, 4.69) is 47.2 Å². The van der Waals surface area contributed by atoms with Gasteiger partial charge in [-0.25, -0.2) is 9.59 Å². The molecule has 4 N–H and O–H groups in total. The highest BCUT2D eigenvalue weighted by Gasteiger charge is 2.04. The number of amides is 4. The van der Waals surface area contributed by atoms with Crippen LogP contribution in [0.1, 0.15) is 178 Å². The van der Waals surface area contributed by atoms with Crippen molar-refractivity contribution in [3.05, 3.63) is 21.9 Å². The monoisotopic (exact) mass is 649 g/mol. The van der Waals surface area contributed by atoms with Crippen molar-refractivity contribution in [1.29, 1.82) is 0 Å². The summed E-state index contributed by atoms with van der Waals surface area (Å²) in [6.45, 7) is 7.57. The molecule has 0 atom stereocenters. The summed E-state index contributed by atoms with van der Waals surface area (Å²) in [7, 11) is 0. The summed E-state index contributed by atoms with van der Waals surface area (Å²) in [5, 5.41) is 12.0. The number of aryl methyl sites for hydroxylation is 2. The number of rotatable bonds is 32. The van der Waals surface area contributed by atoms with Gasteiger partial charge in [-0.05, 0) is 63.5 Å². The summed E-state index contributed by atoms with van der Waals surface area (Å²) >= 11 is 1.91. The number of hydrogen-bond acceptors (Lipinski definition) is 3. The lowest BCUT2D eigenvalue weighted by Gasteiger charge is -2.08. The SMILES string of the molecule is CCCCCCCCCCCCNC(=O)NCCCCc1ccc(CCCCNC(=O)NCCCCCCCCCCCC)s1. The first kappa shape index (κ1) is 41.3. The predicted octanol–water partition coefficient (Wildman–Crippen LogP) is 10.8. The Morgan fingerprint density at radius 2 is 0.689 bits per heavy atom. The average Bonchev–Trinajstić information content (AvgIpc) is 3.49. The van der Waals surface area contributed by atoms with Crippen LogP contribution in [0.4, 0.5) is 9.59 Å². The van der Waals surface area contributed by atoms with Crippen molar-refractivity contribution in [3.63, 3.8) is 0 Å². The van der Waals surface area contributed by atoms with Crippen LogP contribution in [-0.2, 0) is 12.8 Å². The highest BCUT2D eigenvalue weighted by Crippen LogP contribution is 2.20. The quantitative estimate of drug-likeness (QED) is 0.0586. The molecule has 262 valence electrons. The zero-order valence-electron chi connectivity index (χ0n) is 29.6. The van der Waals surface area contributed by atoms with Crippen LogP contribution in [0.25, 0.3) is 0 Å². The van der Waals surface area contributed by atoms with Crippen LogP contribution in [0.5, 0.6) is 0 Å². The van der Waals surface area contributed by atoms with E-state index in [0.29, 0.717) is 0 Å². The van der Waals surface area contributed by atoms with Crippen LogP contribution in [0.2, 0.25) is 0 Å². The van der Waals surface area contributed by atoms with E-state index >= 15 is 0 Å². The van der Waals surface area contributed by atoms with E-state index in [1.807, 2.05) is 11.3 Å². The second kappa shape index (κ2) is 32.2. The van der Waals surface area contributed by atoms with Crippen molar-refractivity contribution in [2.75, 3.05) is 26.2 Å². The Morgan fingerprint density at radius 3 is 1.00 bits per heavy atom. The fourth-order valence-corrected chi connectivity index (χ4v) is 6.80. The van der Waals surface area contributed by atoms with Crippen molar-refractivity contribution in [2.45, 2.75) is 181 Å². The minimum Gasteiger partial charge on any atom is -0.338 e. The zero-order valence-corrected chi connectivity index (χ0v) is 30.4. The Hall–Kier alpha value is -1.76. The van der Waals surface area contributed by atoms with Gasteiger partial charge in [0.1, 0.15) is 0 Å². The molecule has 0 unspecified atom stereocenters. The Morgan fingerprint density at radius 1 is 0.422 bits per heavy atom. The number of urea groups is 2. The van der Waals surface area contributed by atoms with Crippen LogP contribution in [-0.4, -0.2) is 38.2 Å². The molecule has 0 spiro atoms. The van der Waals surface area contributed by atoms with Gasteiger partial charge < -0.3 is 21.3 Å². The van der Waals surface area contributed by atoms with Crippen LogP contribution in [0.3, 0.4) is 0 Å². The first-order valence-electron chi connectivity index (χ1n) is 19.3. The molecule has 0 radical (unpaired) electrons. The third-order valence-electron chi connectivity index (χ3n) is 8.62. The topological polar surface area (TPSA) is 82.3 Å². The molecule has 7 heteroatoms. The molecule has 0 aromatic carbocycles. The standard InChI is InChI=1S/C38H72N4O2S/c1-3-5-7-9-11-13-15-17-19-23-31-39-37(43)41-33-25-21-27-35-29-30-36(45-35)28-22-26-34-42-38(44)40-32-24-20-18-16-14-12-10-8-6-4-2/h29-30H,3-28,31-34H2,1-2H3,(H2,39,41,43)(H2,40,42,44). The Balaban J connectivity index is 1.88. The number of unbranched alkanes of at least 4 members (excludes halogenated alkanes) is 20. The second-order valence-corrected chi connectivity index (χ2v) is 14.3. The fraction of sp³-hybridized carbons (Fsp3) is 0.842. The molecule has 1 rings (SSSR count). The van der Waals surface area contributed by atoms with Crippen LogP contribution in [0, 0.1) is 0 Å². The van der Waals surface area contributed by atoms with E-state index in [-0.39, 0.29) is 12.1 Å². The Labute approximate surface area is 282 Å². The molecular weight excluding hydrogens is 577 g/mol. The van der Waals surface area contributed by atoms with Crippen LogP contribution < -0.4 is 21.3 Å². The summed E-state index contributed by atoms with van der Waals surface area (Å²) in [6.07, 6.45) is 32.7. The summed E-state index contributed by atoms with van der Waals surface area (Å²) < 4.78 is 0. The number of nitrogens with one attached hydrogen (secondary N) is 4. The van der Waals surface area contributed by atoms with Gasteiger partial charge in [0.05, 0.1) is 0 Å². The molecule has 0 fully saturated rings. The van der Waals surface area contributed by atoms with Crippen molar-refractivity contribution in [2.24, 2.45) is 0 Å². The summed E-state index contributed by atoms with van der Waals surface area (Å²) in [4.78, 5) is 26.9. The van der Waals surface area contributed by atoms with Gasteiger partial charge in [0.25, 0.3) is 0 Å². The first-order valence-corrected chi connectivity index (χ1v) is 20.1. The summed E-state index contributed by atoms with van der Waals surface area (Å²) in [5.41, 5.74) is 0. The molecular formula is C38H72N4O2S. The lowest BCUT2D eigenvalue weighted by atomic mass is 10.1. The summed E-state index contributed by atoms with van der Waals surface area (Å²) in [5.74, 6) is 0. The lowest BCUT2D eigenvalue weighted by Crippen LogP contribution is -2.36. The van der Waals surface area contributed by atoms with E-state index in [9.17, 15) is 9.59 Å². The number of carbonyl (C=O) groups is 2. The molecule has 0 saturated heterocycles. The lowest BCUT2D eigenvalue weighted by molar-refractivity contribution is 0.239. The van der Waals surface area contributed by atoms with Gasteiger partial charge in [0, 0.05) is 35.9 Å². The van der Waals surface area contributed by atoms with Gasteiger partial charge in [-0.2, -0.15) is 0 Å². The van der Waals surface area contributed by atoms with Gasteiger partial charge in [-0.1, -0.05) is 129 Å². The van der Waals surface area contributed by atoms with E-state index in [0.717, 1.165) is 77.5 Å². The third kappa shape index (κ3) is 28.2. The maximum absolute atomic E-state index is 12.0. The molecule has 0 aliphatic carbocycles. The largest absolute Gasteiger partial charge is 0.338 e. The third-order valence-corrected chi connectivity index (χ3v) is 9.82. The molecule has 1 heterocycles. The number of thiophene rings is 1. The molecule has 0 saturated carbocycles. The van der Waals surface area contributed by atoms with Gasteiger partial charge in [0.15, 0.2) is 0 Å². The van der Waals surface area contributed by atoms with Crippen molar-refractivity contribution in [3.8, 4) is 0 Å².